The van der Waals surface area contributed by atoms with Crippen LogP contribution in [0.5, 0.6) is 0 Å². The highest BCUT2D eigenvalue weighted by molar-refractivity contribution is 5.81. The van der Waals surface area contributed by atoms with Gasteiger partial charge in [0.2, 0.25) is 5.91 Å². The van der Waals surface area contributed by atoms with Crippen molar-refractivity contribution < 1.29 is 9.90 Å². The molecule has 0 spiro atoms. The number of nitrogens with one attached hydrogen (secondary N) is 1. The third kappa shape index (κ3) is 4.78. The van der Waals surface area contributed by atoms with Crippen LogP contribution in [0.3, 0.4) is 0 Å². The lowest BCUT2D eigenvalue weighted by Gasteiger charge is -2.25. The van der Waals surface area contributed by atoms with Gasteiger partial charge in [-0.2, -0.15) is 5.26 Å². The quantitative estimate of drug-likeness (QED) is 0.837. The van der Waals surface area contributed by atoms with E-state index in [4.69, 9.17) is 0 Å². The van der Waals surface area contributed by atoms with Crippen molar-refractivity contribution in [1.82, 2.24) is 10.2 Å². The van der Waals surface area contributed by atoms with Gasteiger partial charge in [-0.3, -0.25) is 9.69 Å². The molecule has 2 rings (SSSR count). The standard InChI is InChI=1S/C18H25N3O2/c1-14(2)10-16(22)17(23)20-18(12-19)8-9-21(13-18)11-15-6-4-3-5-7-15/h3-7,14,16,22H,8-11,13H2,1-2H3,(H,20,23)/t16-,18?/m0/s1. The Labute approximate surface area is 137 Å². The van der Waals surface area contributed by atoms with Gasteiger partial charge in [-0.15, -0.1) is 0 Å². The molecule has 124 valence electrons. The third-order valence-corrected chi connectivity index (χ3v) is 4.17. The van der Waals surface area contributed by atoms with Crippen LogP contribution in [-0.4, -0.2) is 40.6 Å². The van der Waals surface area contributed by atoms with Crippen molar-refractivity contribution in [2.45, 2.75) is 44.9 Å². The minimum Gasteiger partial charge on any atom is -0.383 e. The fourth-order valence-corrected chi connectivity index (χ4v) is 2.96. The first-order valence-electron chi connectivity index (χ1n) is 8.12. The van der Waals surface area contributed by atoms with E-state index < -0.39 is 17.6 Å². The normalized spacial score (nSPS) is 22.7. The number of carbonyl (C=O) groups excluding carboxylic acids is 1. The SMILES string of the molecule is CC(C)C[C@H](O)C(=O)NC1(C#N)CCN(Cc2ccccc2)C1. The van der Waals surface area contributed by atoms with E-state index in [0.717, 1.165) is 13.1 Å². The molecule has 1 amide bonds. The van der Waals surface area contributed by atoms with Gasteiger partial charge < -0.3 is 10.4 Å². The number of amides is 1. The molecule has 1 aliphatic rings. The Kier molecular flexibility index (Phi) is 5.75. The third-order valence-electron chi connectivity index (χ3n) is 4.17. The Balaban J connectivity index is 1.95. The van der Waals surface area contributed by atoms with Gasteiger partial charge in [0.15, 0.2) is 0 Å². The molecule has 5 nitrogen and oxygen atoms in total. The molecule has 0 bridgehead atoms. The molecule has 1 unspecified atom stereocenters. The zero-order chi connectivity index (χ0) is 16.9. The average Bonchev–Trinajstić information content (AvgIpc) is 2.91. The first-order chi connectivity index (χ1) is 10.9. The van der Waals surface area contributed by atoms with Crippen molar-refractivity contribution in [2.75, 3.05) is 13.1 Å². The Bertz CT molecular complexity index is 567. The van der Waals surface area contributed by atoms with Crippen molar-refractivity contribution in [3.05, 3.63) is 35.9 Å². The predicted octanol–water partition coefficient (Wildman–Crippen LogP) is 1.68. The van der Waals surface area contributed by atoms with Gasteiger partial charge >= 0.3 is 0 Å². The number of aliphatic hydroxyl groups excluding tert-OH is 1. The highest BCUT2D eigenvalue weighted by Gasteiger charge is 2.40. The van der Waals surface area contributed by atoms with E-state index in [1.165, 1.54) is 5.56 Å². The van der Waals surface area contributed by atoms with Gasteiger partial charge in [-0.25, -0.2) is 0 Å². The zero-order valence-electron chi connectivity index (χ0n) is 13.8. The van der Waals surface area contributed by atoms with Gasteiger partial charge in [0.25, 0.3) is 0 Å². The van der Waals surface area contributed by atoms with Crippen molar-refractivity contribution in [3.8, 4) is 6.07 Å². The van der Waals surface area contributed by atoms with Gasteiger partial charge in [0.1, 0.15) is 11.6 Å². The summed E-state index contributed by atoms with van der Waals surface area (Å²) in [5.74, 6) is -0.214. The maximum absolute atomic E-state index is 12.1. The summed E-state index contributed by atoms with van der Waals surface area (Å²) in [5.41, 5.74) is 0.288. The number of nitrogens with zero attached hydrogens (tertiary/aromatic N) is 2. The lowest BCUT2D eigenvalue weighted by Crippen LogP contribution is -2.52. The summed E-state index contributed by atoms with van der Waals surface area (Å²) in [6.07, 6.45) is -0.0687. The fourth-order valence-electron chi connectivity index (χ4n) is 2.96. The number of carbonyl (C=O) groups is 1. The highest BCUT2D eigenvalue weighted by Crippen LogP contribution is 2.23. The van der Waals surface area contributed by atoms with Crippen molar-refractivity contribution in [2.24, 2.45) is 5.92 Å². The molecule has 1 fully saturated rings. The second kappa shape index (κ2) is 7.58. The zero-order valence-corrected chi connectivity index (χ0v) is 13.8. The summed E-state index contributed by atoms with van der Waals surface area (Å²) in [4.78, 5) is 14.3. The van der Waals surface area contributed by atoms with E-state index in [1.54, 1.807) is 0 Å². The topological polar surface area (TPSA) is 76.4 Å². The number of benzene rings is 1. The van der Waals surface area contributed by atoms with Crippen LogP contribution in [0.2, 0.25) is 0 Å². The van der Waals surface area contributed by atoms with E-state index >= 15 is 0 Å². The molecule has 1 heterocycles. The van der Waals surface area contributed by atoms with E-state index in [1.807, 2.05) is 32.0 Å². The Morgan fingerprint density at radius 2 is 2.13 bits per heavy atom. The second-order valence-electron chi connectivity index (χ2n) is 6.77. The lowest BCUT2D eigenvalue weighted by molar-refractivity contribution is -0.131. The molecule has 23 heavy (non-hydrogen) atoms. The molecule has 0 aromatic heterocycles. The maximum Gasteiger partial charge on any atom is 0.250 e. The number of aliphatic hydroxyl groups is 1. The van der Waals surface area contributed by atoms with Crippen LogP contribution in [-0.2, 0) is 11.3 Å². The van der Waals surface area contributed by atoms with Crippen LogP contribution in [0.4, 0.5) is 0 Å². The summed E-state index contributed by atoms with van der Waals surface area (Å²) in [5, 5.41) is 22.2. The Hall–Kier alpha value is -1.90. The van der Waals surface area contributed by atoms with E-state index in [0.29, 0.717) is 19.4 Å². The summed E-state index contributed by atoms with van der Waals surface area (Å²) >= 11 is 0. The van der Waals surface area contributed by atoms with Gasteiger partial charge in [-0.05, 0) is 24.3 Å². The molecule has 0 saturated carbocycles. The van der Waals surface area contributed by atoms with Crippen LogP contribution in [0.25, 0.3) is 0 Å². The second-order valence-corrected chi connectivity index (χ2v) is 6.77. The van der Waals surface area contributed by atoms with Crippen molar-refractivity contribution in [1.29, 1.82) is 5.26 Å². The Morgan fingerprint density at radius 3 is 2.74 bits per heavy atom. The monoisotopic (exact) mass is 315 g/mol. The number of rotatable bonds is 6. The van der Waals surface area contributed by atoms with Gasteiger partial charge in [-0.1, -0.05) is 44.2 Å². The average molecular weight is 315 g/mol. The van der Waals surface area contributed by atoms with Crippen LogP contribution in [0.1, 0.15) is 32.3 Å². The van der Waals surface area contributed by atoms with E-state index in [2.05, 4.69) is 28.4 Å². The number of hydrogen-bond acceptors (Lipinski definition) is 4. The summed E-state index contributed by atoms with van der Waals surface area (Å²) in [6, 6.07) is 12.3. The van der Waals surface area contributed by atoms with Crippen molar-refractivity contribution in [3.63, 3.8) is 0 Å². The number of likely N-dealkylation sites (tertiary alicyclic amines) is 1. The Morgan fingerprint density at radius 1 is 1.43 bits per heavy atom. The summed E-state index contributed by atoms with van der Waals surface area (Å²) in [6.45, 7) is 5.90. The first-order valence-corrected chi connectivity index (χ1v) is 8.12. The molecule has 5 heteroatoms. The molecule has 0 aliphatic carbocycles. The predicted molar refractivity (Wildman–Crippen MR) is 88.3 cm³/mol. The summed E-state index contributed by atoms with van der Waals surface area (Å²) < 4.78 is 0. The molecular weight excluding hydrogens is 290 g/mol. The molecule has 1 aromatic carbocycles. The van der Waals surface area contributed by atoms with Gasteiger partial charge in [0.05, 0.1) is 6.07 Å². The van der Waals surface area contributed by atoms with Crippen molar-refractivity contribution >= 4 is 5.91 Å². The van der Waals surface area contributed by atoms with Crippen LogP contribution in [0.15, 0.2) is 30.3 Å². The fraction of sp³-hybridized carbons (Fsp3) is 0.556. The van der Waals surface area contributed by atoms with Crippen LogP contribution in [0, 0.1) is 17.2 Å². The molecule has 2 N–H and O–H groups in total. The molecule has 2 atom stereocenters. The lowest BCUT2D eigenvalue weighted by atomic mass is 9.99. The molecular formula is C18H25N3O2. The van der Waals surface area contributed by atoms with Gasteiger partial charge in [0, 0.05) is 19.6 Å². The van der Waals surface area contributed by atoms with Crippen LogP contribution < -0.4 is 5.32 Å². The minimum absolute atomic E-state index is 0.229. The maximum atomic E-state index is 12.1. The smallest absolute Gasteiger partial charge is 0.250 e. The summed E-state index contributed by atoms with van der Waals surface area (Å²) in [7, 11) is 0. The molecule has 1 aliphatic heterocycles. The number of nitriles is 1. The van der Waals surface area contributed by atoms with E-state index in [9.17, 15) is 15.2 Å². The van der Waals surface area contributed by atoms with Crippen LogP contribution >= 0.6 is 0 Å². The molecule has 0 radical (unpaired) electrons. The largest absolute Gasteiger partial charge is 0.383 e. The molecule has 1 aromatic rings. The minimum atomic E-state index is -1.05. The van der Waals surface area contributed by atoms with E-state index in [-0.39, 0.29) is 5.92 Å². The first kappa shape index (κ1) is 17.5. The number of hydrogen-bond donors (Lipinski definition) is 2. The highest BCUT2D eigenvalue weighted by atomic mass is 16.3. The molecule has 1 saturated heterocycles.